The van der Waals surface area contributed by atoms with Crippen molar-refractivity contribution in [3.63, 3.8) is 0 Å². The number of anilines is 1. The van der Waals surface area contributed by atoms with Gasteiger partial charge in [-0.15, -0.1) is 0 Å². The molecule has 3 heterocycles. The number of aromatic nitrogens is 2. The Labute approximate surface area is 322 Å². The number of likely N-dealkylation sites (tertiary alicyclic amines) is 1. The van der Waals surface area contributed by atoms with Crippen LogP contribution in [0, 0.1) is 0 Å². The van der Waals surface area contributed by atoms with Crippen molar-refractivity contribution >= 4 is 46.9 Å². The lowest BCUT2D eigenvalue weighted by Crippen LogP contribution is -2.44. The van der Waals surface area contributed by atoms with Crippen molar-refractivity contribution in [1.82, 2.24) is 20.2 Å². The molecule has 0 spiro atoms. The lowest BCUT2D eigenvalue weighted by atomic mass is 9.98. The average Bonchev–Trinajstić information content (AvgIpc) is 3.56. The zero-order valence-electron chi connectivity index (χ0n) is 29.6. The number of carbonyl (C=O) groups excluding carboxylic acids is 1. The van der Waals surface area contributed by atoms with Crippen LogP contribution in [0.1, 0.15) is 70.8 Å². The van der Waals surface area contributed by atoms with Crippen molar-refractivity contribution in [2.75, 3.05) is 25.5 Å². The third-order valence-electron chi connectivity index (χ3n) is 9.62. The highest BCUT2D eigenvalue weighted by Crippen LogP contribution is 2.43. The number of aliphatic hydroxyl groups is 1. The first-order valence-electron chi connectivity index (χ1n) is 17.7. The Morgan fingerprint density at radius 2 is 1.81 bits per heavy atom. The molecule has 1 amide bonds. The average molecular weight is 779 g/mol. The van der Waals surface area contributed by atoms with Gasteiger partial charge in [0.1, 0.15) is 23.0 Å². The summed E-state index contributed by atoms with van der Waals surface area (Å²) >= 11 is 13.2. The molecule has 3 unspecified atom stereocenters. The van der Waals surface area contributed by atoms with E-state index in [2.05, 4.69) is 15.6 Å². The van der Waals surface area contributed by atoms with E-state index in [0.717, 1.165) is 29.5 Å². The standard InChI is InChI=1S/C39H41Cl2N5O8/c1-53-32-17-24(19-42-20-25(47)18-33(48)49)35(41)38(44-32)54-31-15-13-22-7-6-9-27(34(22)31)29-14-12-23(21-46-16-5-4-11-30(46)39(51)52)36(43-29)45-37(50)26-8-2-3-10-28(26)40/h2-3,6-10,12,14,17,25,30-31,42,47H,4-5,11,13,15-16,18-21H2,1H3,(H,48,49)(H,51,52)(H,43,45,50). The summed E-state index contributed by atoms with van der Waals surface area (Å²) in [6, 6.07) is 17.4. The Hall–Kier alpha value is -4.79. The molecule has 3 atom stereocenters. The molecule has 54 heavy (non-hydrogen) atoms. The first-order chi connectivity index (χ1) is 26.0. The summed E-state index contributed by atoms with van der Waals surface area (Å²) < 4.78 is 12.0. The number of halogens is 2. The molecule has 13 nitrogen and oxygen atoms in total. The van der Waals surface area contributed by atoms with E-state index in [9.17, 15) is 24.6 Å². The number of carboxylic acids is 2. The Morgan fingerprint density at radius 1 is 1.00 bits per heavy atom. The molecule has 1 saturated heterocycles. The minimum absolute atomic E-state index is 0.0353. The summed E-state index contributed by atoms with van der Waals surface area (Å²) in [5.41, 5.74) is 4.82. The maximum absolute atomic E-state index is 13.6. The number of aliphatic carboxylic acids is 2. The van der Waals surface area contributed by atoms with E-state index in [-0.39, 0.29) is 47.0 Å². The topological polar surface area (TPSA) is 183 Å². The van der Waals surface area contributed by atoms with Crippen molar-refractivity contribution in [3.8, 4) is 23.0 Å². The highest BCUT2D eigenvalue weighted by molar-refractivity contribution is 6.34. The molecule has 1 aliphatic heterocycles. The summed E-state index contributed by atoms with van der Waals surface area (Å²) in [4.78, 5) is 48.0. The van der Waals surface area contributed by atoms with Crippen LogP contribution >= 0.6 is 23.2 Å². The molecule has 15 heteroatoms. The summed E-state index contributed by atoms with van der Waals surface area (Å²) in [6.45, 7) is 1.11. The van der Waals surface area contributed by atoms with Crippen LogP contribution < -0.4 is 20.1 Å². The van der Waals surface area contributed by atoms with Gasteiger partial charge in [0, 0.05) is 42.4 Å². The van der Waals surface area contributed by atoms with Gasteiger partial charge in [-0.3, -0.25) is 19.3 Å². The summed E-state index contributed by atoms with van der Waals surface area (Å²) in [5.74, 6) is -1.72. The molecule has 2 aromatic heterocycles. The Morgan fingerprint density at radius 3 is 2.57 bits per heavy atom. The number of hydrogen-bond donors (Lipinski definition) is 5. The number of hydrogen-bond acceptors (Lipinski definition) is 10. The van der Waals surface area contributed by atoms with Crippen LogP contribution in [0.15, 0.2) is 60.7 Å². The predicted octanol–water partition coefficient (Wildman–Crippen LogP) is 6.14. The van der Waals surface area contributed by atoms with Crippen LogP contribution in [0.2, 0.25) is 10.0 Å². The smallest absolute Gasteiger partial charge is 0.320 e. The number of rotatable bonds is 15. The third kappa shape index (κ3) is 9.11. The largest absolute Gasteiger partial charge is 0.481 e. The van der Waals surface area contributed by atoms with Gasteiger partial charge in [0.2, 0.25) is 11.8 Å². The lowest BCUT2D eigenvalue weighted by Gasteiger charge is -2.33. The first-order valence-corrected chi connectivity index (χ1v) is 18.4. The minimum atomic E-state index is -1.10. The monoisotopic (exact) mass is 777 g/mol. The van der Waals surface area contributed by atoms with Crippen LogP contribution in [0.25, 0.3) is 11.3 Å². The molecule has 1 aliphatic carbocycles. The summed E-state index contributed by atoms with van der Waals surface area (Å²) in [6.07, 6.45) is 1.63. The van der Waals surface area contributed by atoms with Gasteiger partial charge in [-0.2, -0.15) is 4.98 Å². The molecule has 2 aromatic carbocycles. The number of nitrogens with one attached hydrogen (secondary N) is 2. The molecule has 6 rings (SSSR count). The maximum atomic E-state index is 13.6. The molecular weight excluding hydrogens is 737 g/mol. The van der Waals surface area contributed by atoms with Crippen molar-refractivity contribution in [2.24, 2.45) is 0 Å². The van der Waals surface area contributed by atoms with E-state index in [1.54, 1.807) is 30.3 Å². The van der Waals surface area contributed by atoms with Gasteiger partial charge in [-0.05, 0) is 61.6 Å². The molecule has 0 radical (unpaired) electrons. The lowest BCUT2D eigenvalue weighted by molar-refractivity contribution is -0.145. The Kier molecular flexibility index (Phi) is 12.7. The third-order valence-corrected chi connectivity index (χ3v) is 10.4. The van der Waals surface area contributed by atoms with Crippen molar-refractivity contribution in [2.45, 2.75) is 69.9 Å². The highest BCUT2D eigenvalue weighted by Gasteiger charge is 2.32. The van der Waals surface area contributed by atoms with Crippen molar-refractivity contribution in [3.05, 3.63) is 98.5 Å². The molecule has 5 N–H and O–H groups in total. The number of fused-ring (bicyclic) bond motifs is 1. The van der Waals surface area contributed by atoms with Crippen molar-refractivity contribution in [1.29, 1.82) is 0 Å². The number of piperidine rings is 1. The molecule has 0 bridgehead atoms. The second-order valence-electron chi connectivity index (χ2n) is 13.3. The normalized spacial score (nSPS) is 17.4. The minimum Gasteiger partial charge on any atom is -0.481 e. The fourth-order valence-electron chi connectivity index (χ4n) is 6.98. The van der Waals surface area contributed by atoms with Crippen LogP contribution in [-0.4, -0.2) is 80.4 Å². The number of methoxy groups -OCH3 is 1. The number of pyridine rings is 2. The number of ether oxygens (including phenoxy) is 2. The number of carbonyl (C=O) groups is 3. The van der Waals surface area contributed by atoms with Gasteiger partial charge < -0.3 is 35.4 Å². The van der Waals surface area contributed by atoms with E-state index >= 15 is 0 Å². The number of aliphatic hydroxyl groups excluding tert-OH is 1. The van der Waals surface area contributed by atoms with E-state index < -0.39 is 42.5 Å². The van der Waals surface area contributed by atoms with Gasteiger partial charge in [0.15, 0.2) is 0 Å². The number of amides is 1. The van der Waals surface area contributed by atoms with E-state index in [1.165, 1.54) is 7.11 Å². The van der Waals surface area contributed by atoms with E-state index in [1.807, 2.05) is 35.2 Å². The SMILES string of the molecule is COc1cc(CNCC(O)CC(=O)O)c(Cl)c(OC2CCc3cccc(-c4ccc(CN5CCCCC5C(=O)O)c(NC(=O)c5ccccc5Cl)n4)c32)n1. The molecule has 284 valence electrons. The van der Waals surface area contributed by atoms with Crippen LogP contribution in [0.4, 0.5) is 5.82 Å². The van der Waals surface area contributed by atoms with Crippen LogP contribution in [0.3, 0.4) is 0 Å². The fourth-order valence-corrected chi connectivity index (χ4v) is 7.41. The molecule has 2 aliphatic rings. The molecule has 0 saturated carbocycles. The summed E-state index contributed by atoms with van der Waals surface area (Å²) in [7, 11) is 1.47. The second-order valence-corrected chi connectivity index (χ2v) is 14.1. The number of benzene rings is 2. The van der Waals surface area contributed by atoms with E-state index in [0.29, 0.717) is 48.4 Å². The Balaban J connectivity index is 1.31. The maximum Gasteiger partial charge on any atom is 0.320 e. The molecule has 1 fully saturated rings. The first kappa shape index (κ1) is 38.9. The van der Waals surface area contributed by atoms with Crippen LogP contribution in [0.5, 0.6) is 11.8 Å². The van der Waals surface area contributed by atoms with Gasteiger partial charge in [-0.25, -0.2) is 4.98 Å². The Bertz CT molecular complexity index is 2030. The predicted molar refractivity (Wildman–Crippen MR) is 202 cm³/mol. The van der Waals surface area contributed by atoms with Gasteiger partial charge >= 0.3 is 11.9 Å². The van der Waals surface area contributed by atoms with Gasteiger partial charge in [0.05, 0.1) is 35.9 Å². The van der Waals surface area contributed by atoms with Gasteiger partial charge in [-0.1, -0.05) is 66.0 Å². The molecule has 4 aromatic rings. The number of aryl methyl sites for hydroxylation is 1. The molecular formula is C39H41Cl2N5O8. The summed E-state index contributed by atoms with van der Waals surface area (Å²) in [5, 5.41) is 35.4. The zero-order chi connectivity index (χ0) is 38.4. The number of carboxylic acid groups (broad SMARTS) is 2. The highest BCUT2D eigenvalue weighted by atomic mass is 35.5. The quantitative estimate of drug-likeness (QED) is 0.0931. The van der Waals surface area contributed by atoms with Gasteiger partial charge in [0.25, 0.3) is 5.91 Å². The van der Waals surface area contributed by atoms with Crippen LogP contribution in [-0.2, 0) is 29.1 Å². The number of nitrogens with zero attached hydrogens (tertiary/aromatic N) is 3. The fraction of sp³-hybridized carbons (Fsp3) is 0.359. The van der Waals surface area contributed by atoms with E-state index in [4.69, 9.17) is 42.8 Å². The zero-order valence-corrected chi connectivity index (χ0v) is 31.1. The van der Waals surface area contributed by atoms with Crippen molar-refractivity contribution < 1.29 is 39.2 Å². The second kappa shape index (κ2) is 17.6.